The largest absolute Gasteiger partial charge is 0.429 e. The third-order valence-corrected chi connectivity index (χ3v) is 9.32. The molecule has 0 N–H and O–H groups in total. The molecular weight excluding hydrogens is 464 g/mol. The second-order valence-corrected chi connectivity index (χ2v) is 11.8. The lowest BCUT2D eigenvalue weighted by atomic mass is 9.98. The first-order valence-corrected chi connectivity index (χ1v) is 13.1. The van der Waals surface area contributed by atoms with Gasteiger partial charge in [0.2, 0.25) is 10.0 Å². The average Bonchev–Trinajstić information content (AvgIpc) is 3.35. The molecule has 7 nitrogen and oxygen atoms in total. The fourth-order valence-corrected chi connectivity index (χ4v) is 6.44. The van der Waals surface area contributed by atoms with Gasteiger partial charge in [-0.2, -0.15) is 0 Å². The van der Waals surface area contributed by atoms with Gasteiger partial charge < -0.3 is 4.42 Å². The van der Waals surface area contributed by atoms with Gasteiger partial charge in [0.1, 0.15) is 0 Å². The summed E-state index contributed by atoms with van der Waals surface area (Å²) < 4.78 is 35.2. The van der Waals surface area contributed by atoms with Crippen LogP contribution in [-0.4, -0.2) is 54.4 Å². The number of likely N-dealkylation sites (tertiary alicyclic amines) is 1. The molecule has 10 heteroatoms. The molecule has 1 aliphatic heterocycles. The van der Waals surface area contributed by atoms with Crippen molar-refractivity contribution in [3.8, 4) is 0 Å². The minimum atomic E-state index is -3.53. The number of nitrogens with zero attached hydrogens (tertiary/aromatic N) is 4. The van der Waals surface area contributed by atoms with E-state index in [9.17, 15) is 8.42 Å². The molecule has 1 aliphatic rings. The molecule has 4 aromatic rings. The van der Waals surface area contributed by atoms with Gasteiger partial charge in [-0.25, -0.2) is 17.7 Å². The van der Waals surface area contributed by atoms with Crippen LogP contribution in [0.2, 0.25) is 0 Å². The fourth-order valence-electron chi connectivity index (χ4n) is 4.13. The van der Waals surface area contributed by atoms with Crippen LogP contribution in [0.5, 0.6) is 0 Å². The lowest BCUT2D eigenvalue weighted by Crippen LogP contribution is -2.34. The highest BCUT2D eigenvalue weighted by atomic mass is 32.2. The first-order valence-electron chi connectivity index (χ1n) is 10.5. The van der Waals surface area contributed by atoms with E-state index in [1.54, 1.807) is 29.5 Å². The third kappa shape index (κ3) is 3.90. The topological polar surface area (TPSA) is 71.6 Å². The Bertz CT molecular complexity index is 1410. The van der Waals surface area contributed by atoms with E-state index in [0.29, 0.717) is 28.5 Å². The number of thiazole rings is 1. The van der Waals surface area contributed by atoms with E-state index < -0.39 is 10.0 Å². The van der Waals surface area contributed by atoms with E-state index in [1.165, 1.54) is 28.1 Å². The molecule has 1 fully saturated rings. The van der Waals surface area contributed by atoms with Crippen LogP contribution >= 0.6 is 23.6 Å². The van der Waals surface area contributed by atoms with Crippen molar-refractivity contribution in [1.82, 2.24) is 18.8 Å². The van der Waals surface area contributed by atoms with Crippen molar-refractivity contribution < 1.29 is 12.8 Å². The molecule has 2 aromatic carbocycles. The van der Waals surface area contributed by atoms with Crippen molar-refractivity contribution in [3.05, 3.63) is 52.3 Å². The molecule has 168 valence electrons. The monoisotopic (exact) mass is 488 g/mol. The normalized spacial score (nSPS) is 16.5. The second-order valence-electron chi connectivity index (χ2n) is 8.27. The minimum Gasteiger partial charge on any atom is -0.429 e. The van der Waals surface area contributed by atoms with Gasteiger partial charge in [-0.3, -0.25) is 9.47 Å². The van der Waals surface area contributed by atoms with E-state index in [2.05, 4.69) is 23.1 Å². The summed E-state index contributed by atoms with van der Waals surface area (Å²) in [6.07, 6.45) is 2.06. The molecule has 32 heavy (non-hydrogen) atoms. The van der Waals surface area contributed by atoms with Crippen LogP contribution in [0.3, 0.4) is 0 Å². The second kappa shape index (κ2) is 8.35. The molecule has 2 aromatic heterocycles. The number of para-hydroxylation sites is 1. The Morgan fingerprint density at radius 1 is 1.19 bits per heavy atom. The van der Waals surface area contributed by atoms with Crippen molar-refractivity contribution in [2.24, 2.45) is 0 Å². The zero-order chi connectivity index (χ0) is 22.5. The summed E-state index contributed by atoms with van der Waals surface area (Å²) in [6, 6.07) is 13.2. The third-order valence-electron chi connectivity index (χ3n) is 6.01. The number of aromatic nitrogens is 2. The number of piperidine rings is 1. The molecule has 1 saturated heterocycles. The first kappa shape index (κ1) is 21.7. The van der Waals surface area contributed by atoms with E-state index in [1.807, 2.05) is 10.6 Å². The lowest BCUT2D eigenvalue weighted by molar-refractivity contribution is 0.168. The molecular formula is C22H24N4O3S3. The van der Waals surface area contributed by atoms with Crippen LogP contribution in [-0.2, 0) is 16.7 Å². The minimum absolute atomic E-state index is 0.231. The van der Waals surface area contributed by atoms with E-state index in [0.717, 1.165) is 31.4 Å². The standard InChI is InChI=1S/C22H24N4O3S3/c1-24(2)32(27,28)16-7-8-19-18(13-16)26(22(30)29-19)14-25-11-9-15(10-12-25)21-23-17-5-3-4-6-20(17)31-21/h3-8,13,15H,9-12,14H2,1-2H3. The van der Waals surface area contributed by atoms with Crippen LogP contribution in [0.4, 0.5) is 0 Å². The van der Waals surface area contributed by atoms with Gasteiger partial charge in [-0.05, 0) is 55.4 Å². The Labute approximate surface area is 195 Å². The van der Waals surface area contributed by atoms with Crippen LogP contribution in [0.15, 0.2) is 51.8 Å². The maximum absolute atomic E-state index is 12.6. The highest BCUT2D eigenvalue weighted by Crippen LogP contribution is 2.34. The first-order chi connectivity index (χ1) is 15.3. The zero-order valence-corrected chi connectivity index (χ0v) is 20.3. The predicted molar refractivity (Wildman–Crippen MR) is 129 cm³/mol. The summed E-state index contributed by atoms with van der Waals surface area (Å²) in [7, 11) is -0.483. The van der Waals surface area contributed by atoms with Crippen molar-refractivity contribution in [2.45, 2.75) is 30.3 Å². The number of hydrogen-bond donors (Lipinski definition) is 0. The predicted octanol–water partition coefficient (Wildman–Crippen LogP) is 4.66. The fraction of sp³-hybridized carbons (Fsp3) is 0.364. The smallest absolute Gasteiger partial charge is 0.270 e. The number of benzene rings is 2. The van der Waals surface area contributed by atoms with Gasteiger partial charge in [0.05, 0.1) is 32.3 Å². The molecule has 0 atom stereocenters. The highest BCUT2D eigenvalue weighted by Gasteiger charge is 2.25. The Hall–Kier alpha value is -2.11. The highest BCUT2D eigenvalue weighted by molar-refractivity contribution is 7.89. The number of sulfonamides is 1. The summed E-state index contributed by atoms with van der Waals surface area (Å²) in [4.78, 5) is 7.76. The van der Waals surface area contributed by atoms with Gasteiger partial charge in [-0.1, -0.05) is 12.1 Å². The quantitative estimate of drug-likeness (QED) is 0.381. The van der Waals surface area contributed by atoms with Crippen LogP contribution in [0, 0.1) is 4.84 Å². The average molecular weight is 489 g/mol. The van der Waals surface area contributed by atoms with Gasteiger partial charge in [0, 0.05) is 33.1 Å². The van der Waals surface area contributed by atoms with E-state index in [4.69, 9.17) is 21.6 Å². The number of hydrogen-bond acceptors (Lipinski definition) is 7. The maximum Gasteiger partial charge on any atom is 0.270 e. The molecule has 5 rings (SSSR count). The van der Waals surface area contributed by atoms with Gasteiger partial charge in [0.15, 0.2) is 5.58 Å². The number of fused-ring (bicyclic) bond motifs is 2. The SMILES string of the molecule is CN(C)S(=O)(=O)c1ccc2oc(=S)n(CN3CCC(c4nc5ccccc5s4)CC3)c2c1. The van der Waals surface area contributed by atoms with E-state index in [-0.39, 0.29) is 4.90 Å². The molecule has 0 bridgehead atoms. The Kier molecular flexibility index (Phi) is 5.67. The van der Waals surface area contributed by atoms with Crippen molar-refractivity contribution in [2.75, 3.05) is 27.2 Å². The summed E-state index contributed by atoms with van der Waals surface area (Å²) in [5.74, 6) is 0.467. The van der Waals surface area contributed by atoms with Gasteiger partial charge in [-0.15, -0.1) is 11.3 Å². The molecule has 3 heterocycles. The molecule has 0 saturated carbocycles. The molecule has 0 radical (unpaired) electrons. The molecule has 0 unspecified atom stereocenters. The van der Waals surface area contributed by atoms with Crippen LogP contribution < -0.4 is 0 Å². The number of oxazole rings is 1. The summed E-state index contributed by atoms with van der Waals surface area (Å²) >= 11 is 7.24. The summed E-state index contributed by atoms with van der Waals surface area (Å²) in [6.45, 7) is 2.42. The van der Waals surface area contributed by atoms with E-state index >= 15 is 0 Å². The Balaban J connectivity index is 1.35. The Morgan fingerprint density at radius 2 is 1.94 bits per heavy atom. The number of rotatable bonds is 5. The van der Waals surface area contributed by atoms with Gasteiger partial charge in [0.25, 0.3) is 4.84 Å². The lowest BCUT2D eigenvalue weighted by Gasteiger charge is -2.31. The van der Waals surface area contributed by atoms with Gasteiger partial charge >= 0.3 is 0 Å². The molecule has 0 aliphatic carbocycles. The summed E-state index contributed by atoms with van der Waals surface area (Å²) in [5, 5.41) is 1.22. The summed E-state index contributed by atoms with van der Waals surface area (Å²) in [5.41, 5.74) is 2.37. The van der Waals surface area contributed by atoms with Crippen LogP contribution in [0.1, 0.15) is 23.8 Å². The molecule has 0 spiro atoms. The van der Waals surface area contributed by atoms with Crippen molar-refractivity contribution >= 4 is 54.9 Å². The van der Waals surface area contributed by atoms with Crippen LogP contribution in [0.25, 0.3) is 21.3 Å². The maximum atomic E-state index is 12.6. The Morgan fingerprint density at radius 3 is 2.66 bits per heavy atom. The zero-order valence-electron chi connectivity index (χ0n) is 17.9. The van der Waals surface area contributed by atoms with Crippen molar-refractivity contribution in [1.29, 1.82) is 0 Å². The molecule has 0 amide bonds. The van der Waals surface area contributed by atoms with Crippen molar-refractivity contribution in [3.63, 3.8) is 0 Å².